The van der Waals surface area contributed by atoms with Gasteiger partial charge in [-0.1, -0.05) is 60.1 Å². The number of carbonyl (C=O) groups is 3. The lowest BCUT2D eigenvalue weighted by Crippen LogP contribution is -2.57. The minimum absolute atomic E-state index is 0.179. The maximum atomic E-state index is 13.7. The van der Waals surface area contributed by atoms with Gasteiger partial charge in [0.2, 0.25) is 0 Å². The number of amides is 4. The highest BCUT2D eigenvalue weighted by atomic mass is 79.9. The summed E-state index contributed by atoms with van der Waals surface area (Å²) < 4.78 is 12.5. The third-order valence-corrected chi connectivity index (χ3v) is 7.06. The predicted molar refractivity (Wildman–Crippen MR) is 162 cm³/mol. The molecule has 0 aromatic heterocycles. The zero-order valence-electron chi connectivity index (χ0n) is 21.9. The third kappa shape index (κ3) is 6.04. The molecule has 0 radical (unpaired) electrons. The number of ether oxygens (including phenoxy) is 2. The highest BCUT2D eigenvalue weighted by Crippen LogP contribution is 2.39. The minimum atomic E-state index is -0.753. The molecule has 0 spiro atoms. The zero-order valence-corrected chi connectivity index (χ0v) is 24.3. The van der Waals surface area contributed by atoms with Crippen molar-refractivity contribution in [1.29, 1.82) is 0 Å². The number of barbiturate groups is 1. The van der Waals surface area contributed by atoms with Gasteiger partial charge in [0.1, 0.15) is 12.2 Å². The molecule has 5 rings (SSSR count). The lowest BCUT2D eigenvalue weighted by molar-refractivity contribution is -0.121. The summed E-state index contributed by atoms with van der Waals surface area (Å²) in [6.45, 7) is 2.48. The molecule has 206 valence electrons. The third-order valence-electron chi connectivity index (χ3n) is 6.22. The van der Waals surface area contributed by atoms with E-state index in [9.17, 15) is 14.4 Å². The zero-order chi connectivity index (χ0) is 28.9. The molecule has 41 heavy (non-hydrogen) atoms. The molecule has 1 saturated heterocycles. The van der Waals surface area contributed by atoms with E-state index in [1.807, 2.05) is 19.1 Å². The molecule has 1 aliphatic rings. The molecule has 7 nitrogen and oxygen atoms in total. The summed E-state index contributed by atoms with van der Waals surface area (Å²) in [5.74, 6) is -0.558. The van der Waals surface area contributed by atoms with E-state index in [0.717, 1.165) is 15.4 Å². The summed E-state index contributed by atoms with van der Waals surface area (Å²) in [6, 6.07) is 27.0. The first-order valence-corrected chi connectivity index (χ1v) is 13.9. The number of nitrogens with zero attached hydrogens (tertiary/aromatic N) is 2. The van der Waals surface area contributed by atoms with Gasteiger partial charge in [0.15, 0.2) is 11.5 Å². The fourth-order valence-corrected chi connectivity index (χ4v) is 5.02. The monoisotopic (exact) mass is 630 g/mol. The Hall–Kier alpha value is -4.40. The first kappa shape index (κ1) is 28.1. The standard InChI is InChI=1S/C32H24BrClN2O5/c1-2-40-28-19-22(18-27(33)29(28)41-20-21-13-15-23(34)16-14-21)17-26-30(37)35(24-9-5-3-6-10-24)32(39)36(31(26)38)25-11-7-4-8-12-25/h3-19H,2,20H2,1H3. The van der Waals surface area contributed by atoms with Gasteiger partial charge < -0.3 is 9.47 Å². The van der Waals surface area contributed by atoms with E-state index >= 15 is 0 Å². The predicted octanol–water partition coefficient (Wildman–Crippen LogP) is 7.66. The number of hydrogen-bond donors (Lipinski definition) is 0. The van der Waals surface area contributed by atoms with Crippen LogP contribution in [0.3, 0.4) is 0 Å². The molecule has 4 aromatic rings. The molecule has 9 heteroatoms. The van der Waals surface area contributed by atoms with Crippen LogP contribution in [0.25, 0.3) is 6.08 Å². The molecule has 4 amide bonds. The van der Waals surface area contributed by atoms with E-state index in [4.69, 9.17) is 21.1 Å². The summed E-state index contributed by atoms with van der Waals surface area (Å²) in [5.41, 5.74) is 1.95. The Kier molecular flexibility index (Phi) is 8.52. The van der Waals surface area contributed by atoms with E-state index in [1.165, 1.54) is 6.08 Å². The van der Waals surface area contributed by atoms with Crippen molar-refractivity contribution in [3.63, 3.8) is 0 Å². The Balaban J connectivity index is 1.55. The van der Waals surface area contributed by atoms with E-state index in [2.05, 4.69) is 15.9 Å². The van der Waals surface area contributed by atoms with Crippen LogP contribution in [0.2, 0.25) is 5.02 Å². The number of urea groups is 1. The molecular weight excluding hydrogens is 608 g/mol. The lowest BCUT2D eigenvalue weighted by atomic mass is 10.0. The summed E-state index contributed by atoms with van der Waals surface area (Å²) in [4.78, 5) is 42.9. The van der Waals surface area contributed by atoms with Crippen molar-refractivity contribution in [3.8, 4) is 11.5 Å². The van der Waals surface area contributed by atoms with Gasteiger partial charge in [0.05, 0.1) is 22.5 Å². The Morgan fingerprint density at radius 2 is 1.34 bits per heavy atom. The van der Waals surface area contributed by atoms with Crippen molar-refractivity contribution < 1.29 is 23.9 Å². The van der Waals surface area contributed by atoms with E-state index in [1.54, 1.807) is 84.9 Å². The normalized spacial score (nSPS) is 13.4. The van der Waals surface area contributed by atoms with Gasteiger partial charge in [-0.3, -0.25) is 9.59 Å². The van der Waals surface area contributed by atoms with Crippen LogP contribution in [0.1, 0.15) is 18.1 Å². The van der Waals surface area contributed by atoms with Gasteiger partial charge in [-0.15, -0.1) is 0 Å². The number of benzene rings is 4. The molecule has 0 atom stereocenters. The van der Waals surface area contributed by atoms with Crippen LogP contribution in [-0.2, 0) is 16.2 Å². The second-order valence-corrected chi connectivity index (χ2v) is 10.3. The quantitative estimate of drug-likeness (QED) is 0.147. The van der Waals surface area contributed by atoms with Crippen molar-refractivity contribution in [2.45, 2.75) is 13.5 Å². The Bertz CT molecular complexity index is 1560. The molecule has 0 bridgehead atoms. The SMILES string of the molecule is CCOc1cc(C=C2C(=O)N(c3ccccc3)C(=O)N(c3ccccc3)C2=O)cc(Br)c1OCc1ccc(Cl)cc1. The fourth-order valence-electron chi connectivity index (χ4n) is 4.32. The topological polar surface area (TPSA) is 76.2 Å². The maximum absolute atomic E-state index is 13.7. The Morgan fingerprint density at radius 3 is 1.88 bits per heavy atom. The maximum Gasteiger partial charge on any atom is 0.343 e. The van der Waals surface area contributed by atoms with Crippen LogP contribution in [0, 0.1) is 0 Å². The van der Waals surface area contributed by atoms with Crippen molar-refractivity contribution >= 4 is 62.8 Å². The van der Waals surface area contributed by atoms with Crippen LogP contribution in [0.5, 0.6) is 11.5 Å². The van der Waals surface area contributed by atoms with Gasteiger partial charge in [-0.05, 0) is 88.6 Å². The second-order valence-electron chi connectivity index (χ2n) is 8.97. The second kappa shape index (κ2) is 12.4. The number of imide groups is 2. The van der Waals surface area contributed by atoms with E-state index in [-0.39, 0.29) is 12.2 Å². The molecule has 4 aromatic carbocycles. The molecule has 1 heterocycles. The number of hydrogen-bond acceptors (Lipinski definition) is 5. The van der Waals surface area contributed by atoms with E-state index < -0.39 is 17.8 Å². The highest BCUT2D eigenvalue weighted by Gasteiger charge is 2.43. The van der Waals surface area contributed by atoms with Gasteiger partial charge >= 0.3 is 6.03 Å². The van der Waals surface area contributed by atoms with Gasteiger partial charge in [-0.25, -0.2) is 14.6 Å². The van der Waals surface area contributed by atoms with Crippen LogP contribution < -0.4 is 19.3 Å². The van der Waals surface area contributed by atoms with E-state index in [0.29, 0.717) is 44.5 Å². The van der Waals surface area contributed by atoms with Gasteiger partial charge in [0, 0.05) is 5.02 Å². The average Bonchev–Trinajstić information content (AvgIpc) is 2.97. The Labute approximate surface area is 250 Å². The Morgan fingerprint density at radius 1 is 0.780 bits per heavy atom. The first-order valence-electron chi connectivity index (χ1n) is 12.8. The number of para-hydroxylation sites is 2. The van der Waals surface area contributed by atoms with Crippen molar-refractivity contribution in [1.82, 2.24) is 0 Å². The lowest BCUT2D eigenvalue weighted by Gasteiger charge is -2.34. The van der Waals surface area contributed by atoms with Gasteiger partial charge in [0.25, 0.3) is 11.8 Å². The molecule has 1 aliphatic heterocycles. The van der Waals surface area contributed by atoms with Crippen LogP contribution in [0.15, 0.2) is 107 Å². The molecule has 0 saturated carbocycles. The van der Waals surface area contributed by atoms with Gasteiger partial charge in [-0.2, -0.15) is 0 Å². The summed E-state index contributed by atoms with van der Waals surface area (Å²) in [5, 5.41) is 0.632. The largest absolute Gasteiger partial charge is 0.490 e. The van der Waals surface area contributed by atoms with Crippen molar-refractivity contribution in [2.75, 3.05) is 16.4 Å². The number of carbonyl (C=O) groups excluding carboxylic acids is 3. The molecular formula is C32H24BrClN2O5. The number of anilines is 2. The molecule has 0 unspecified atom stereocenters. The van der Waals surface area contributed by atoms with Crippen LogP contribution in [0.4, 0.5) is 16.2 Å². The van der Waals surface area contributed by atoms with Crippen LogP contribution >= 0.6 is 27.5 Å². The average molecular weight is 632 g/mol. The van der Waals surface area contributed by atoms with Crippen molar-refractivity contribution in [2.24, 2.45) is 0 Å². The molecule has 0 N–H and O–H groups in total. The summed E-state index contributed by atoms with van der Waals surface area (Å²) in [7, 11) is 0. The summed E-state index contributed by atoms with van der Waals surface area (Å²) >= 11 is 9.54. The first-order chi connectivity index (χ1) is 19.9. The van der Waals surface area contributed by atoms with Crippen molar-refractivity contribution in [3.05, 3.63) is 123 Å². The fraction of sp³-hybridized carbons (Fsp3) is 0.0938. The molecule has 0 aliphatic carbocycles. The smallest absolute Gasteiger partial charge is 0.343 e. The number of halogens is 2. The summed E-state index contributed by atoms with van der Waals surface area (Å²) in [6.07, 6.45) is 1.46. The highest BCUT2D eigenvalue weighted by molar-refractivity contribution is 9.10. The number of rotatable bonds is 8. The minimum Gasteiger partial charge on any atom is -0.490 e. The van der Waals surface area contributed by atoms with Crippen LogP contribution in [-0.4, -0.2) is 24.5 Å². The molecule has 1 fully saturated rings.